The Morgan fingerprint density at radius 2 is 1.70 bits per heavy atom. The average Bonchev–Trinajstić information content (AvgIpc) is 3.36. The maximum absolute atomic E-state index is 13.5. The van der Waals surface area contributed by atoms with Crippen molar-refractivity contribution < 1.29 is 24.1 Å². The Morgan fingerprint density at radius 3 is 2.30 bits per heavy atom. The van der Waals surface area contributed by atoms with Crippen molar-refractivity contribution in [3.63, 3.8) is 0 Å². The van der Waals surface area contributed by atoms with Crippen molar-refractivity contribution in [2.24, 2.45) is 5.92 Å². The van der Waals surface area contributed by atoms with Gasteiger partial charge in [-0.3, -0.25) is 0 Å². The highest BCUT2D eigenvalue weighted by Gasteiger charge is 2.69. The van der Waals surface area contributed by atoms with Gasteiger partial charge in [-0.2, -0.15) is 0 Å². The molecule has 0 spiro atoms. The summed E-state index contributed by atoms with van der Waals surface area (Å²) in [6.07, 6.45) is 6.68. The largest absolute Gasteiger partial charge is 0.461 e. The van der Waals surface area contributed by atoms with Gasteiger partial charge < -0.3 is 19.3 Å². The summed E-state index contributed by atoms with van der Waals surface area (Å²) in [5.41, 5.74) is -2.23. The second-order valence-corrected chi connectivity index (χ2v) is 10.0. The highest BCUT2D eigenvalue weighted by atomic mass is 16.6. The van der Waals surface area contributed by atoms with Gasteiger partial charge in [0.2, 0.25) is 0 Å². The molecule has 3 heterocycles. The van der Waals surface area contributed by atoms with Gasteiger partial charge in [0, 0.05) is 5.92 Å². The Kier molecular flexibility index (Phi) is 4.78. The zero-order valence-corrected chi connectivity index (χ0v) is 18.1. The maximum Gasteiger partial charge on any atom is 0.343 e. The van der Waals surface area contributed by atoms with E-state index in [0.29, 0.717) is 18.8 Å². The van der Waals surface area contributed by atoms with Gasteiger partial charge in [0.1, 0.15) is 23.6 Å². The van der Waals surface area contributed by atoms with Crippen LogP contribution < -0.4 is 0 Å². The van der Waals surface area contributed by atoms with E-state index in [0.717, 1.165) is 44.9 Å². The lowest BCUT2D eigenvalue weighted by atomic mass is 9.73. The number of hydrogen-bond acceptors (Lipinski definition) is 6. The number of esters is 1. The molecule has 3 saturated heterocycles. The fourth-order valence-corrected chi connectivity index (χ4v) is 6.41. The first-order chi connectivity index (χ1) is 14.3. The molecule has 1 aliphatic carbocycles. The molecule has 0 radical (unpaired) electrons. The second kappa shape index (κ2) is 7.02. The molecule has 4 aliphatic rings. The Morgan fingerprint density at radius 1 is 1.10 bits per heavy atom. The molecule has 1 aromatic carbocycles. The van der Waals surface area contributed by atoms with Gasteiger partial charge in [0.15, 0.2) is 5.60 Å². The number of ether oxygens (including phenoxy) is 3. The van der Waals surface area contributed by atoms with Crippen molar-refractivity contribution in [2.75, 3.05) is 19.8 Å². The monoisotopic (exact) mass is 415 g/mol. The Bertz CT molecular complexity index is 787. The lowest BCUT2D eigenvalue weighted by Crippen LogP contribution is -2.57. The highest BCUT2D eigenvalue weighted by Crippen LogP contribution is 2.55. The van der Waals surface area contributed by atoms with Crippen LogP contribution >= 0.6 is 0 Å². The minimum atomic E-state index is -1.62. The lowest BCUT2D eigenvalue weighted by Gasteiger charge is -2.39. The summed E-state index contributed by atoms with van der Waals surface area (Å²) < 4.78 is 18.3. The molecule has 6 nitrogen and oxygen atoms in total. The fraction of sp³-hybridized carbons (Fsp3) is 0.708. The fourth-order valence-electron chi connectivity index (χ4n) is 6.41. The van der Waals surface area contributed by atoms with Crippen LogP contribution in [0.1, 0.15) is 64.4 Å². The Labute approximate surface area is 178 Å². The average molecular weight is 416 g/mol. The van der Waals surface area contributed by atoms with Crippen molar-refractivity contribution in [3.8, 4) is 0 Å². The van der Waals surface area contributed by atoms with Crippen LogP contribution in [0.15, 0.2) is 30.3 Å². The number of carbonyl (C=O) groups is 1. The van der Waals surface area contributed by atoms with Gasteiger partial charge in [0.25, 0.3) is 0 Å². The summed E-state index contributed by atoms with van der Waals surface area (Å²) in [6, 6.07) is 9.30. The van der Waals surface area contributed by atoms with Crippen molar-refractivity contribution in [2.45, 2.75) is 81.4 Å². The minimum absolute atomic E-state index is 0.124. The van der Waals surface area contributed by atoms with Gasteiger partial charge in [-0.25, -0.2) is 9.69 Å². The number of nitrogens with zero attached hydrogens (tertiary/aromatic N) is 1. The van der Waals surface area contributed by atoms with E-state index in [9.17, 15) is 9.90 Å². The number of rotatable bonds is 5. The molecule has 164 valence electrons. The smallest absolute Gasteiger partial charge is 0.343 e. The van der Waals surface area contributed by atoms with Crippen LogP contribution in [0, 0.1) is 5.92 Å². The summed E-state index contributed by atoms with van der Waals surface area (Å²) >= 11 is 0. The third kappa shape index (κ3) is 2.88. The zero-order valence-electron chi connectivity index (χ0n) is 18.1. The Hall–Kier alpha value is -1.47. The predicted molar refractivity (Wildman–Crippen MR) is 110 cm³/mol. The van der Waals surface area contributed by atoms with Gasteiger partial charge in [-0.15, -0.1) is 0 Å². The lowest BCUT2D eigenvalue weighted by molar-refractivity contribution is -0.179. The highest BCUT2D eigenvalue weighted by molar-refractivity contribution is 5.81. The second-order valence-electron chi connectivity index (χ2n) is 10.0. The first-order valence-corrected chi connectivity index (χ1v) is 11.4. The first-order valence-electron chi connectivity index (χ1n) is 11.4. The van der Waals surface area contributed by atoms with Crippen LogP contribution in [0.25, 0.3) is 0 Å². The molecule has 0 amide bonds. The standard InChI is InChI=1S/C24H33NO5/c1-21-13-14-22(2)25(21)23(16-29-21,17-30-22)15-28-20(26)24(27,18-9-5-3-6-10-18)19-11-7-4-8-12-19/h3,5-6,9-10,19,27H,4,7-8,11-17H2,1-2H3/t21-,22-,24+/m0/s1. The molecule has 3 atom stereocenters. The van der Waals surface area contributed by atoms with Crippen molar-refractivity contribution in [3.05, 3.63) is 35.9 Å². The summed E-state index contributed by atoms with van der Waals surface area (Å²) in [7, 11) is 0. The first kappa shape index (κ1) is 20.4. The van der Waals surface area contributed by atoms with E-state index in [2.05, 4.69) is 18.7 Å². The van der Waals surface area contributed by atoms with Crippen LogP contribution in [0.5, 0.6) is 0 Å². The van der Waals surface area contributed by atoms with E-state index in [-0.39, 0.29) is 24.0 Å². The van der Waals surface area contributed by atoms with Crippen molar-refractivity contribution in [1.82, 2.24) is 4.90 Å². The molecule has 1 N–H and O–H groups in total. The van der Waals surface area contributed by atoms with Crippen LogP contribution in [0.3, 0.4) is 0 Å². The number of benzene rings is 1. The molecule has 0 aromatic heterocycles. The van der Waals surface area contributed by atoms with Crippen LogP contribution in [0.4, 0.5) is 0 Å². The molecule has 4 fully saturated rings. The predicted octanol–water partition coefficient (Wildman–Crippen LogP) is 3.33. The summed E-state index contributed by atoms with van der Waals surface area (Å²) in [5.74, 6) is -0.669. The third-order valence-corrected chi connectivity index (χ3v) is 7.97. The summed E-state index contributed by atoms with van der Waals surface area (Å²) in [5, 5.41) is 11.8. The molecular formula is C24H33NO5. The molecular weight excluding hydrogens is 382 g/mol. The van der Waals surface area contributed by atoms with Crippen molar-refractivity contribution in [1.29, 1.82) is 0 Å². The SMILES string of the molecule is C[C@@]12CC[C@]3(C)OCC(COC(=O)[C@@](O)(c4ccccc4)C4CCCCC4)(CO1)N23. The van der Waals surface area contributed by atoms with Crippen LogP contribution in [0.2, 0.25) is 0 Å². The number of carbonyl (C=O) groups excluding carboxylic acids is 1. The zero-order chi connectivity index (χ0) is 21.0. The molecule has 6 heteroatoms. The topological polar surface area (TPSA) is 68.2 Å². The van der Waals surface area contributed by atoms with Crippen LogP contribution in [-0.4, -0.2) is 52.8 Å². The van der Waals surface area contributed by atoms with E-state index in [4.69, 9.17) is 14.2 Å². The molecule has 1 saturated carbocycles. The van der Waals surface area contributed by atoms with Gasteiger partial charge >= 0.3 is 5.97 Å². The quantitative estimate of drug-likeness (QED) is 0.744. The molecule has 30 heavy (non-hydrogen) atoms. The van der Waals surface area contributed by atoms with Crippen molar-refractivity contribution >= 4 is 5.97 Å². The van der Waals surface area contributed by atoms with Gasteiger partial charge in [-0.05, 0) is 45.1 Å². The summed E-state index contributed by atoms with van der Waals surface area (Å²) in [4.78, 5) is 15.8. The maximum atomic E-state index is 13.5. The van der Waals surface area contributed by atoms with E-state index in [1.807, 2.05) is 30.3 Å². The number of hydrogen-bond donors (Lipinski definition) is 1. The minimum Gasteiger partial charge on any atom is -0.461 e. The van der Waals surface area contributed by atoms with E-state index in [1.165, 1.54) is 0 Å². The Balaban J connectivity index is 1.39. The van der Waals surface area contributed by atoms with E-state index < -0.39 is 17.1 Å². The van der Waals surface area contributed by atoms with E-state index in [1.54, 1.807) is 0 Å². The normalized spacial score (nSPS) is 38.4. The summed E-state index contributed by atoms with van der Waals surface area (Å²) in [6.45, 7) is 5.30. The van der Waals surface area contributed by atoms with Crippen LogP contribution in [-0.2, 0) is 24.6 Å². The number of aliphatic hydroxyl groups is 1. The molecule has 1 aromatic rings. The molecule has 3 aliphatic heterocycles. The van der Waals surface area contributed by atoms with E-state index >= 15 is 0 Å². The molecule has 5 rings (SSSR count). The third-order valence-electron chi connectivity index (χ3n) is 7.97. The molecule has 0 bridgehead atoms. The van der Waals surface area contributed by atoms with Gasteiger partial charge in [0.05, 0.1) is 13.2 Å². The van der Waals surface area contributed by atoms with Gasteiger partial charge in [-0.1, -0.05) is 49.6 Å². The molecule has 0 unspecified atom stereocenters.